The van der Waals surface area contributed by atoms with Crippen molar-refractivity contribution in [3.8, 4) is 11.5 Å². The number of sulfonamides is 1. The molecule has 0 spiro atoms. The quantitative estimate of drug-likeness (QED) is 0.426. The van der Waals surface area contributed by atoms with E-state index in [0.29, 0.717) is 46.0 Å². The number of benzene rings is 2. The molecular formula is C27H35Cl2N3O6S. The SMILES string of the molecule is CC(C(=O)NC(C)(C)C)N(Cc1ccc(Cl)cc1Cl)C(=O)CCCN(c1ccc2c(c1)OCCO2)S(C)(=O)=O. The predicted molar refractivity (Wildman–Crippen MR) is 153 cm³/mol. The lowest BCUT2D eigenvalue weighted by molar-refractivity contribution is -0.141. The Bertz CT molecular complexity index is 1310. The van der Waals surface area contributed by atoms with Crippen LogP contribution < -0.4 is 19.1 Å². The topological polar surface area (TPSA) is 105 Å². The van der Waals surface area contributed by atoms with Gasteiger partial charge in [-0.05, 0) is 63.9 Å². The van der Waals surface area contributed by atoms with Crippen molar-refractivity contribution in [2.75, 3.05) is 30.3 Å². The van der Waals surface area contributed by atoms with Crippen molar-refractivity contribution >= 4 is 50.7 Å². The standard InChI is InChI=1S/C27H35Cl2N3O6S/c1-18(26(34)30-27(2,3)4)31(17-19-8-9-20(28)15-22(19)29)25(33)7-6-12-32(39(5,35)36)21-10-11-23-24(16-21)38-14-13-37-23/h8-11,15-16,18H,6-7,12-14,17H2,1-5H3,(H,30,34). The third-order valence-electron chi connectivity index (χ3n) is 5.99. The second-order valence-corrected chi connectivity index (χ2v) is 13.2. The fraction of sp³-hybridized carbons (Fsp3) is 0.481. The molecule has 0 bridgehead atoms. The van der Waals surface area contributed by atoms with Crippen LogP contribution in [0, 0.1) is 0 Å². The van der Waals surface area contributed by atoms with Gasteiger partial charge in [0.15, 0.2) is 11.5 Å². The van der Waals surface area contributed by atoms with E-state index in [1.807, 2.05) is 20.8 Å². The summed E-state index contributed by atoms with van der Waals surface area (Å²) in [5.74, 6) is 0.393. The number of hydrogen-bond acceptors (Lipinski definition) is 6. The van der Waals surface area contributed by atoms with E-state index in [2.05, 4.69) is 5.32 Å². The molecule has 0 aliphatic carbocycles. The molecule has 0 aromatic heterocycles. The maximum atomic E-state index is 13.5. The van der Waals surface area contributed by atoms with E-state index in [-0.39, 0.29) is 37.7 Å². The van der Waals surface area contributed by atoms with Gasteiger partial charge in [0.1, 0.15) is 19.3 Å². The molecule has 1 aliphatic rings. The number of ether oxygens (including phenoxy) is 2. The van der Waals surface area contributed by atoms with Crippen molar-refractivity contribution in [1.29, 1.82) is 0 Å². The number of halogens is 2. The van der Waals surface area contributed by atoms with Crippen molar-refractivity contribution in [2.24, 2.45) is 0 Å². The molecule has 1 aliphatic heterocycles. The van der Waals surface area contributed by atoms with Crippen LogP contribution in [0.4, 0.5) is 5.69 Å². The van der Waals surface area contributed by atoms with Crippen LogP contribution in [0.3, 0.4) is 0 Å². The van der Waals surface area contributed by atoms with Crippen LogP contribution in [0.15, 0.2) is 36.4 Å². The first kappa shape index (κ1) is 30.8. The number of carbonyl (C=O) groups excluding carboxylic acids is 2. The maximum Gasteiger partial charge on any atom is 0.242 e. The van der Waals surface area contributed by atoms with Gasteiger partial charge in [-0.15, -0.1) is 0 Å². The van der Waals surface area contributed by atoms with Crippen LogP contribution in [0.1, 0.15) is 46.1 Å². The average molecular weight is 601 g/mol. The first-order valence-corrected chi connectivity index (χ1v) is 15.2. The molecule has 1 heterocycles. The smallest absolute Gasteiger partial charge is 0.242 e. The zero-order valence-electron chi connectivity index (χ0n) is 22.8. The number of hydrogen-bond donors (Lipinski definition) is 1. The fourth-order valence-corrected chi connectivity index (χ4v) is 5.51. The Morgan fingerprint density at radius 1 is 1.05 bits per heavy atom. The van der Waals surface area contributed by atoms with Gasteiger partial charge in [0, 0.05) is 41.2 Å². The third-order valence-corrected chi connectivity index (χ3v) is 7.77. The largest absolute Gasteiger partial charge is 0.486 e. The zero-order chi connectivity index (χ0) is 29.0. The van der Waals surface area contributed by atoms with E-state index in [1.54, 1.807) is 43.3 Å². The number of carbonyl (C=O) groups is 2. The van der Waals surface area contributed by atoms with E-state index >= 15 is 0 Å². The number of fused-ring (bicyclic) bond motifs is 1. The molecule has 214 valence electrons. The normalized spacial score (nSPS) is 13.9. The van der Waals surface area contributed by atoms with E-state index in [0.717, 1.165) is 6.26 Å². The molecule has 0 saturated heterocycles. The predicted octanol–water partition coefficient (Wildman–Crippen LogP) is 4.64. The van der Waals surface area contributed by atoms with Crippen LogP contribution in [-0.2, 0) is 26.2 Å². The van der Waals surface area contributed by atoms with Crippen molar-refractivity contribution in [3.05, 3.63) is 52.0 Å². The molecule has 12 heteroatoms. The molecule has 0 fully saturated rings. The third kappa shape index (κ3) is 8.65. The van der Waals surface area contributed by atoms with E-state index < -0.39 is 21.6 Å². The average Bonchev–Trinajstić information content (AvgIpc) is 2.83. The summed E-state index contributed by atoms with van der Waals surface area (Å²) < 4.78 is 37.6. The molecule has 1 unspecified atom stereocenters. The van der Waals surface area contributed by atoms with E-state index in [9.17, 15) is 18.0 Å². The zero-order valence-corrected chi connectivity index (χ0v) is 25.1. The Morgan fingerprint density at radius 2 is 1.72 bits per heavy atom. The summed E-state index contributed by atoms with van der Waals surface area (Å²) in [6.07, 6.45) is 1.34. The van der Waals surface area contributed by atoms with Gasteiger partial charge >= 0.3 is 0 Å². The van der Waals surface area contributed by atoms with Crippen LogP contribution >= 0.6 is 23.2 Å². The van der Waals surface area contributed by atoms with Gasteiger partial charge in [0.05, 0.1) is 11.9 Å². The van der Waals surface area contributed by atoms with Crippen LogP contribution in [-0.4, -0.2) is 62.7 Å². The molecule has 2 amide bonds. The van der Waals surface area contributed by atoms with Crippen molar-refractivity contribution < 1.29 is 27.5 Å². The van der Waals surface area contributed by atoms with Crippen LogP contribution in [0.25, 0.3) is 0 Å². The van der Waals surface area contributed by atoms with Gasteiger partial charge in [-0.3, -0.25) is 13.9 Å². The summed E-state index contributed by atoms with van der Waals surface area (Å²) in [5, 5.41) is 3.75. The molecule has 0 saturated carbocycles. The lowest BCUT2D eigenvalue weighted by atomic mass is 10.1. The lowest BCUT2D eigenvalue weighted by Gasteiger charge is -2.32. The van der Waals surface area contributed by atoms with Crippen molar-refractivity contribution in [2.45, 2.75) is 58.7 Å². The molecule has 3 rings (SSSR count). The highest BCUT2D eigenvalue weighted by molar-refractivity contribution is 7.92. The lowest BCUT2D eigenvalue weighted by Crippen LogP contribution is -2.52. The van der Waals surface area contributed by atoms with Gasteiger partial charge < -0.3 is 19.7 Å². The minimum absolute atomic E-state index is 0.00885. The Balaban J connectivity index is 1.77. The first-order chi connectivity index (χ1) is 18.2. The Kier molecular flexibility index (Phi) is 10.0. The Hall–Kier alpha value is -2.69. The number of nitrogens with zero attached hydrogens (tertiary/aromatic N) is 2. The summed E-state index contributed by atoms with van der Waals surface area (Å²) >= 11 is 12.4. The molecule has 1 atom stereocenters. The van der Waals surface area contributed by atoms with Gasteiger partial charge in [-0.25, -0.2) is 8.42 Å². The maximum absolute atomic E-state index is 13.5. The monoisotopic (exact) mass is 599 g/mol. The highest BCUT2D eigenvalue weighted by atomic mass is 35.5. The summed E-state index contributed by atoms with van der Waals surface area (Å²) in [6, 6.07) is 9.09. The van der Waals surface area contributed by atoms with E-state index in [1.165, 1.54) is 9.21 Å². The Morgan fingerprint density at radius 3 is 2.33 bits per heavy atom. The van der Waals surface area contributed by atoms with Crippen LogP contribution in [0.5, 0.6) is 11.5 Å². The fourth-order valence-electron chi connectivity index (χ4n) is 4.08. The van der Waals surface area contributed by atoms with Crippen molar-refractivity contribution in [3.63, 3.8) is 0 Å². The summed E-state index contributed by atoms with van der Waals surface area (Å²) in [7, 11) is -3.65. The van der Waals surface area contributed by atoms with Crippen LogP contribution in [0.2, 0.25) is 10.0 Å². The van der Waals surface area contributed by atoms with Gasteiger partial charge in [-0.1, -0.05) is 29.3 Å². The molecule has 2 aromatic carbocycles. The molecule has 2 aromatic rings. The van der Waals surface area contributed by atoms with Crippen molar-refractivity contribution in [1.82, 2.24) is 10.2 Å². The Labute approximate surface area is 240 Å². The summed E-state index contributed by atoms with van der Waals surface area (Å²) in [4.78, 5) is 27.9. The minimum Gasteiger partial charge on any atom is -0.486 e. The summed E-state index contributed by atoms with van der Waals surface area (Å²) in [6.45, 7) is 8.17. The van der Waals surface area contributed by atoms with Gasteiger partial charge in [-0.2, -0.15) is 0 Å². The number of amides is 2. The molecule has 9 nitrogen and oxygen atoms in total. The second-order valence-electron chi connectivity index (χ2n) is 10.4. The first-order valence-electron chi connectivity index (χ1n) is 12.6. The minimum atomic E-state index is -3.65. The van der Waals surface area contributed by atoms with Gasteiger partial charge in [0.25, 0.3) is 0 Å². The second kappa shape index (κ2) is 12.7. The summed E-state index contributed by atoms with van der Waals surface area (Å²) in [5.41, 5.74) is 0.563. The molecule has 0 radical (unpaired) electrons. The molecule has 1 N–H and O–H groups in total. The number of rotatable bonds is 10. The number of nitrogens with one attached hydrogen (secondary N) is 1. The molecule has 39 heavy (non-hydrogen) atoms. The van der Waals surface area contributed by atoms with E-state index in [4.69, 9.17) is 32.7 Å². The number of anilines is 1. The molecular weight excluding hydrogens is 565 g/mol. The van der Waals surface area contributed by atoms with Gasteiger partial charge in [0.2, 0.25) is 21.8 Å². The highest BCUT2D eigenvalue weighted by Gasteiger charge is 2.29. The highest BCUT2D eigenvalue weighted by Crippen LogP contribution is 2.35.